The number of hydrogen-bond donors (Lipinski definition) is 3. The summed E-state index contributed by atoms with van der Waals surface area (Å²) in [6.07, 6.45) is 6.11. The van der Waals surface area contributed by atoms with Crippen LogP contribution in [0.5, 0.6) is 0 Å². The van der Waals surface area contributed by atoms with E-state index in [-0.39, 0.29) is 17.5 Å². The zero-order valence-corrected chi connectivity index (χ0v) is 9.39. The van der Waals surface area contributed by atoms with Crippen molar-refractivity contribution in [3.05, 3.63) is 0 Å². The Balaban J connectivity index is 2.37. The summed E-state index contributed by atoms with van der Waals surface area (Å²) in [4.78, 5) is 11.5. The molecule has 1 rings (SSSR count). The highest BCUT2D eigenvalue weighted by Gasteiger charge is 2.31. The molecule has 1 aliphatic heterocycles. The Labute approximate surface area is 91.2 Å². The third-order valence-electron chi connectivity index (χ3n) is 2.69. The Hall–Kier alpha value is -1.05. The molecule has 0 aromatic rings. The van der Waals surface area contributed by atoms with Gasteiger partial charge in [-0.2, -0.15) is 0 Å². The second-order valence-electron chi connectivity index (χ2n) is 4.28. The van der Waals surface area contributed by atoms with Gasteiger partial charge in [0.2, 0.25) is 5.91 Å². The van der Waals surface area contributed by atoms with Gasteiger partial charge in [0.1, 0.15) is 0 Å². The normalized spacial score (nSPS) is 27.0. The van der Waals surface area contributed by atoms with Crippen molar-refractivity contribution in [3.63, 3.8) is 0 Å². The van der Waals surface area contributed by atoms with Gasteiger partial charge in [-0.1, -0.05) is 5.92 Å². The lowest BCUT2D eigenvalue weighted by Crippen LogP contribution is -2.54. The first kappa shape index (κ1) is 12.0. The zero-order valence-electron chi connectivity index (χ0n) is 9.39. The molecule has 2 unspecified atom stereocenters. The van der Waals surface area contributed by atoms with Crippen molar-refractivity contribution in [2.45, 2.75) is 31.8 Å². The van der Waals surface area contributed by atoms with Crippen LogP contribution in [0, 0.1) is 12.3 Å². The van der Waals surface area contributed by atoms with E-state index in [4.69, 9.17) is 6.42 Å². The van der Waals surface area contributed by atoms with E-state index in [1.165, 1.54) is 0 Å². The second kappa shape index (κ2) is 5.15. The van der Waals surface area contributed by atoms with Crippen molar-refractivity contribution >= 4 is 5.91 Å². The van der Waals surface area contributed by atoms with E-state index in [0.717, 1.165) is 19.5 Å². The molecule has 0 radical (unpaired) electrons. The highest BCUT2D eigenvalue weighted by molar-refractivity contribution is 5.81. The maximum absolute atomic E-state index is 11.5. The van der Waals surface area contributed by atoms with Gasteiger partial charge in [0.05, 0.1) is 12.6 Å². The van der Waals surface area contributed by atoms with Crippen LogP contribution < -0.4 is 16.0 Å². The first-order valence-corrected chi connectivity index (χ1v) is 5.27. The minimum absolute atomic E-state index is 0.0207. The summed E-state index contributed by atoms with van der Waals surface area (Å²) in [6.45, 7) is 6.18. The zero-order chi connectivity index (χ0) is 11.3. The third kappa shape index (κ3) is 3.54. The lowest BCUT2D eigenvalue weighted by Gasteiger charge is -2.28. The molecule has 0 aliphatic carbocycles. The standard InChI is InChI=1S/C11H19N3O/c1-4-6-13-10(15)9(2)14-11(3)5-7-12-8-11/h1,9,12,14H,5-8H2,2-3H3,(H,13,15). The minimum atomic E-state index is -0.205. The van der Waals surface area contributed by atoms with E-state index in [9.17, 15) is 4.79 Å². The van der Waals surface area contributed by atoms with Gasteiger partial charge < -0.3 is 10.6 Å². The molecule has 0 aromatic carbocycles. The molecule has 3 N–H and O–H groups in total. The molecule has 2 atom stereocenters. The first-order chi connectivity index (χ1) is 7.07. The summed E-state index contributed by atoms with van der Waals surface area (Å²) in [5.74, 6) is 2.34. The van der Waals surface area contributed by atoms with Crippen LogP contribution in [0.25, 0.3) is 0 Å². The average Bonchev–Trinajstić information content (AvgIpc) is 2.61. The molecule has 1 saturated heterocycles. The predicted molar refractivity (Wildman–Crippen MR) is 60.3 cm³/mol. The summed E-state index contributed by atoms with van der Waals surface area (Å²) in [7, 11) is 0. The number of rotatable bonds is 4. The number of nitrogens with one attached hydrogen (secondary N) is 3. The summed E-state index contributed by atoms with van der Waals surface area (Å²) >= 11 is 0. The number of carbonyl (C=O) groups excluding carboxylic acids is 1. The molecule has 1 aliphatic rings. The highest BCUT2D eigenvalue weighted by Crippen LogP contribution is 2.13. The summed E-state index contributed by atoms with van der Waals surface area (Å²) in [5.41, 5.74) is 0.0207. The maximum atomic E-state index is 11.5. The molecule has 4 nitrogen and oxygen atoms in total. The fourth-order valence-corrected chi connectivity index (χ4v) is 1.82. The molecular weight excluding hydrogens is 190 g/mol. The van der Waals surface area contributed by atoms with Crippen LogP contribution in [0.1, 0.15) is 20.3 Å². The van der Waals surface area contributed by atoms with Gasteiger partial charge in [-0.3, -0.25) is 10.1 Å². The SMILES string of the molecule is C#CCNC(=O)C(C)NC1(C)CCNC1. The number of terminal acetylenes is 1. The van der Waals surface area contributed by atoms with Crippen LogP contribution >= 0.6 is 0 Å². The molecule has 0 saturated carbocycles. The molecule has 4 heteroatoms. The molecule has 1 heterocycles. The molecule has 0 spiro atoms. The van der Waals surface area contributed by atoms with Gasteiger partial charge in [-0.05, 0) is 26.8 Å². The Morgan fingerprint density at radius 1 is 1.73 bits per heavy atom. The Morgan fingerprint density at radius 2 is 2.47 bits per heavy atom. The van der Waals surface area contributed by atoms with Gasteiger partial charge in [0.15, 0.2) is 0 Å². The van der Waals surface area contributed by atoms with Crippen LogP contribution in [-0.2, 0) is 4.79 Å². The molecule has 15 heavy (non-hydrogen) atoms. The molecule has 1 amide bonds. The fourth-order valence-electron chi connectivity index (χ4n) is 1.82. The van der Waals surface area contributed by atoms with Crippen molar-refractivity contribution in [1.82, 2.24) is 16.0 Å². The molecule has 0 aromatic heterocycles. The van der Waals surface area contributed by atoms with Crippen LogP contribution in [0.3, 0.4) is 0 Å². The van der Waals surface area contributed by atoms with Crippen molar-refractivity contribution in [1.29, 1.82) is 0 Å². The molecule has 1 fully saturated rings. The quantitative estimate of drug-likeness (QED) is 0.545. The molecular formula is C11H19N3O. The summed E-state index contributed by atoms with van der Waals surface area (Å²) < 4.78 is 0. The maximum Gasteiger partial charge on any atom is 0.237 e. The van der Waals surface area contributed by atoms with Crippen molar-refractivity contribution in [3.8, 4) is 12.3 Å². The lowest BCUT2D eigenvalue weighted by atomic mass is 10.0. The van der Waals surface area contributed by atoms with Gasteiger partial charge >= 0.3 is 0 Å². The summed E-state index contributed by atoms with van der Waals surface area (Å²) in [6, 6.07) is -0.205. The van der Waals surface area contributed by atoms with Gasteiger partial charge in [0, 0.05) is 12.1 Å². The molecule has 0 bridgehead atoms. The highest BCUT2D eigenvalue weighted by atomic mass is 16.2. The van der Waals surface area contributed by atoms with Crippen molar-refractivity contribution in [2.75, 3.05) is 19.6 Å². The van der Waals surface area contributed by atoms with Crippen molar-refractivity contribution in [2.24, 2.45) is 0 Å². The molecule has 84 valence electrons. The van der Waals surface area contributed by atoms with E-state index >= 15 is 0 Å². The number of hydrogen-bond acceptors (Lipinski definition) is 3. The topological polar surface area (TPSA) is 53.2 Å². The Morgan fingerprint density at radius 3 is 3.00 bits per heavy atom. The van der Waals surface area contributed by atoms with E-state index < -0.39 is 0 Å². The monoisotopic (exact) mass is 209 g/mol. The average molecular weight is 209 g/mol. The van der Waals surface area contributed by atoms with Crippen LogP contribution in [-0.4, -0.2) is 37.1 Å². The van der Waals surface area contributed by atoms with Crippen molar-refractivity contribution < 1.29 is 4.79 Å². The third-order valence-corrected chi connectivity index (χ3v) is 2.69. The van der Waals surface area contributed by atoms with Crippen LogP contribution in [0.15, 0.2) is 0 Å². The number of carbonyl (C=O) groups is 1. The van der Waals surface area contributed by atoms with E-state index in [2.05, 4.69) is 28.8 Å². The van der Waals surface area contributed by atoms with Gasteiger partial charge in [-0.25, -0.2) is 0 Å². The second-order valence-corrected chi connectivity index (χ2v) is 4.28. The first-order valence-electron chi connectivity index (χ1n) is 5.27. The van der Waals surface area contributed by atoms with Crippen LogP contribution in [0.2, 0.25) is 0 Å². The largest absolute Gasteiger partial charge is 0.344 e. The minimum Gasteiger partial charge on any atom is -0.344 e. The fraction of sp³-hybridized carbons (Fsp3) is 0.727. The number of amides is 1. The smallest absolute Gasteiger partial charge is 0.237 e. The summed E-state index contributed by atoms with van der Waals surface area (Å²) in [5, 5.41) is 9.26. The Bertz CT molecular complexity index is 263. The predicted octanol–water partition coefficient (Wildman–Crippen LogP) is -0.534. The van der Waals surface area contributed by atoms with Gasteiger partial charge in [0.25, 0.3) is 0 Å². The van der Waals surface area contributed by atoms with E-state index in [0.29, 0.717) is 6.54 Å². The lowest BCUT2D eigenvalue weighted by molar-refractivity contribution is -0.122. The van der Waals surface area contributed by atoms with Gasteiger partial charge in [-0.15, -0.1) is 6.42 Å². The van der Waals surface area contributed by atoms with E-state index in [1.807, 2.05) is 6.92 Å². The van der Waals surface area contributed by atoms with Crippen LogP contribution in [0.4, 0.5) is 0 Å². The van der Waals surface area contributed by atoms with E-state index in [1.54, 1.807) is 0 Å². The Kier molecular flexibility index (Phi) is 4.13.